The van der Waals surface area contributed by atoms with E-state index in [1.807, 2.05) is 30.3 Å². The highest BCUT2D eigenvalue weighted by Crippen LogP contribution is 2.23. The number of likely N-dealkylation sites (N-methyl/N-ethyl adjacent to an activating group) is 1. The van der Waals surface area contributed by atoms with Crippen molar-refractivity contribution in [2.75, 3.05) is 7.05 Å². The van der Waals surface area contributed by atoms with E-state index in [0.717, 1.165) is 5.56 Å². The summed E-state index contributed by atoms with van der Waals surface area (Å²) in [5.41, 5.74) is 2.31. The van der Waals surface area contributed by atoms with Gasteiger partial charge in [-0.25, -0.2) is 4.98 Å². The number of oxime groups is 1. The van der Waals surface area contributed by atoms with Crippen molar-refractivity contribution >= 4 is 29.0 Å². The van der Waals surface area contributed by atoms with E-state index in [4.69, 9.17) is 20.9 Å². The fourth-order valence-electron chi connectivity index (χ4n) is 2.48. The molecule has 0 aliphatic heterocycles. The summed E-state index contributed by atoms with van der Waals surface area (Å²) in [4.78, 5) is 33.8. The Morgan fingerprint density at radius 1 is 1.14 bits per heavy atom. The van der Waals surface area contributed by atoms with Crippen LogP contribution < -0.4 is 5.32 Å². The van der Waals surface area contributed by atoms with Crippen molar-refractivity contribution in [3.63, 3.8) is 0 Å². The Bertz CT molecular complexity index is 1040. The molecule has 0 aliphatic rings. The predicted molar refractivity (Wildman–Crippen MR) is 109 cm³/mol. The van der Waals surface area contributed by atoms with Crippen LogP contribution in [0.4, 0.5) is 0 Å². The van der Waals surface area contributed by atoms with Crippen LogP contribution in [-0.2, 0) is 16.2 Å². The summed E-state index contributed by atoms with van der Waals surface area (Å²) in [6.07, 6.45) is 0. The Kier molecular flexibility index (Phi) is 6.41. The van der Waals surface area contributed by atoms with Gasteiger partial charge >= 0.3 is 0 Å². The van der Waals surface area contributed by atoms with Gasteiger partial charge in [-0.05, 0) is 36.8 Å². The van der Waals surface area contributed by atoms with Gasteiger partial charge in [-0.3, -0.25) is 9.59 Å². The first-order valence-electron chi connectivity index (χ1n) is 8.73. The summed E-state index contributed by atoms with van der Waals surface area (Å²) >= 11 is 5.88. The molecule has 0 atom stereocenters. The van der Waals surface area contributed by atoms with Crippen molar-refractivity contribution in [2.45, 2.75) is 13.5 Å². The van der Waals surface area contributed by atoms with E-state index in [1.54, 1.807) is 31.2 Å². The molecule has 0 aliphatic carbocycles. The summed E-state index contributed by atoms with van der Waals surface area (Å²) in [5.74, 6) is -1.60. The molecule has 0 saturated heterocycles. The van der Waals surface area contributed by atoms with Gasteiger partial charge in [0.25, 0.3) is 11.7 Å². The van der Waals surface area contributed by atoms with Crippen LogP contribution >= 0.6 is 11.6 Å². The second-order valence-corrected chi connectivity index (χ2v) is 6.46. The second-order valence-electron chi connectivity index (χ2n) is 6.03. The lowest BCUT2D eigenvalue weighted by Gasteiger charge is -2.02. The Labute approximate surface area is 172 Å². The molecule has 3 aromatic rings. The molecule has 0 saturated carbocycles. The van der Waals surface area contributed by atoms with Gasteiger partial charge in [0, 0.05) is 17.6 Å². The number of carbonyl (C=O) groups excluding carboxylic acids is 2. The first kappa shape index (κ1) is 20.3. The molecule has 3 rings (SSSR count). The number of amides is 1. The maximum Gasteiger partial charge on any atom is 0.295 e. The summed E-state index contributed by atoms with van der Waals surface area (Å²) < 4.78 is 5.58. The lowest BCUT2D eigenvalue weighted by atomic mass is 10.1. The average Bonchev–Trinajstić information content (AvgIpc) is 3.17. The fourth-order valence-corrected chi connectivity index (χ4v) is 2.61. The molecule has 0 radical (unpaired) electrons. The second kappa shape index (κ2) is 9.16. The minimum Gasteiger partial charge on any atom is -0.432 e. The monoisotopic (exact) mass is 411 g/mol. The normalized spacial score (nSPS) is 11.2. The number of oxazole rings is 1. The topological polar surface area (TPSA) is 93.8 Å². The van der Waals surface area contributed by atoms with Crippen LogP contribution in [-0.4, -0.2) is 29.4 Å². The molecular formula is C21H18ClN3O4. The molecule has 1 N–H and O–H groups in total. The number of nitrogens with one attached hydrogen (secondary N) is 1. The van der Waals surface area contributed by atoms with E-state index in [-0.39, 0.29) is 24.0 Å². The molecule has 0 bridgehead atoms. The number of ketones is 1. The first-order chi connectivity index (χ1) is 14.0. The minimum absolute atomic E-state index is 0.140. The number of hydrogen-bond acceptors (Lipinski definition) is 6. The zero-order valence-corrected chi connectivity index (χ0v) is 16.6. The number of rotatable bonds is 7. The molecule has 29 heavy (non-hydrogen) atoms. The number of nitrogens with zero attached hydrogens (tertiary/aromatic N) is 2. The van der Waals surface area contributed by atoms with Crippen LogP contribution in [0.3, 0.4) is 0 Å². The van der Waals surface area contributed by atoms with Crippen molar-refractivity contribution in [3.05, 3.63) is 76.6 Å². The third kappa shape index (κ3) is 4.89. The summed E-state index contributed by atoms with van der Waals surface area (Å²) in [7, 11) is 1.37. The highest BCUT2D eigenvalue weighted by atomic mass is 35.5. The fraction of sp³-hybridized carbons (Fsp3) is 0.143. The van der Waals surface area contributed by atoms with E-state index < -0.39 is 11.7 Å². The molecule has 7 nitrogen and oxygen atoms in total. The third-order valence-electron chi connectivity index (χ3n) is 4.02. The molecule has 0 fully saturated rings. The van der Waals surface area contributed by atoms with Crippen molar-refractivity contribution in [1.82, 2.24) is 10.3 Å². The van der Waals surface area contributed by atoms with Crippen LogP contribution in [0.25, 0.3) is 11.5 Å². The molecule has 0 unspecified atom stereocenters. The highest BCUT2D eigenvalue weighted by molar-refractivity contribution is 6.42. The summed E-state index contributed by atoms with van der Waals surface area (Å²) in [5, 5.41) is 6.95. The number of hydrogen-bond donors (Lipinski definition) is 1. The molecule has 2 aromatic carbocycles. The number of aromatic nitrogens is 1. The van der Waals surface area contributed by atoms with Gasteiger partial charge in [0.2, 0.25) is 11.7 Å². The minimum atomic E-state index is -0.834. The van der Waals surface area contributed by atoms with Gasteiger partial charge < -0.3 is 14.6 Å². The zero-order valence-electron chi connectivity index (χ0n) is 15.8. The quantitative estimate of drug-likeness (QED) is 0.276. The molecule has 0 spiro atoms. The molecule has 1 amide bonds. The number of Topliss-reactive ketones (excluding diaryl/α,β-unsaturated/α-hetero) is 1. The SMILES string of the molecule is CNC(=O)C(=O)c1oc(-c2ccccc2)nc1CON=C(C)c1ccc(Cl)cc1. The van der Waals surface area contributed by atoms with E-state index in [0.29, 0.717) is 16.3 Å². The Morgan fingerprint density at radius 2 is 1.83 bits per heavy atom. The van der Waals surface area contributed by atoms with Crippen molar-refractivity contribution < 1.29 is 18.8 Å². The Balaban J connectivity index is 1.84. The smallest absolute Gasteiger partial charge is 0.295 e. The third-order valence-corrected chi connectivity index (χ3v) is 4.27. The molecule has 8 heteroatoms. The van der Waals surface area contributed by atoms with Crippen LogP contribution in [0.5, 0.6) is 0 Å². The summed E-state index contributed by atoms with van der Waals surface area (Å²) in [6.45, 7) is 1.64. The van der Waals surface area contributed by atoms with E-state index in [9.17, 15) is 9.59 Å². The highest BCUT2D eigenvalue weighted by Gasteiger charge is 2.26. The standard InChI is InChI=1S/C21H18ClN3O4/c1-13(14-8-10-16(22)11-9-14)25-28-12-17-19(18(26)20(27)23-2)29-21(24-17)15-6-4-3-5-7-15/h3-11H,12H2,1-2H3,(H,23,27). The van der Waals surface area contributed by atoms with Crippen molar-refractivity contribution in [1.29, 1.82) is 0 Å². The lowest BCUT2D eigenvalue weighted by Crippen LogP contribution is -2.27. The van der Waals surface area contributed by atoms with Crippen LogP contribution in [0.15, 0.2) is 64.2 Å². The van der Waals surface area contributed by atoms with E-state index >= 15 is 0 Å². The van der Waals surface area contributed by atoms with Gasteiger partial charge in [-0.1, -0.05) is 47.1 Å². The van der Waals surface area contributed by atoms with Crippen LogP contribution in [0.2, 0.25) is 5.02 Å². The molecule has 1 aromatic heterocycles. The maximum atomic E-state index is 12.3. The maximum absolute atomic E-state index is 12.3. The zero-order chi connectivity index (χ0) is 20.8. The van der Waals surface area contributed by atoms with Crippen LogP contribution in [0.1, 0.15) is 28.7 Å². The Morgan fingerprint density at radius 3 is 2.48 bits per heavy atom. The largest absolute Gasteiger partial charge is 0.432 e. The number of carbonyl (C=O) groups is 2. The molecule has 148 valence electrons. The van der Waals surface area contributed by atoms with Gasteiger partial charge in [0.15, 0.2) is 6.61 Å². The number of halogens is 1. The lowest BCUT2D eigenvalue weighted by molar-refractivity contribution is -0.116. The van der Waals surface area contributed by atoms with Gasteiger partial charge in [0.1, 0.15) is 5.69 Å². The van der Waals surface area contributed by atoms with E-state index in [2.05, 4.69) is 15.5 Å². The average molecular weight is 412 g/mol. The number of benzene rings is 2. The van der Waals surface area contributed by atoms with Crippen molar-refractivity contribution in [2.24, 2.45) is 5.16 Å². The van der Waals surface area contributed by atoms with Gasteiger partial charge in [0.05, 0.1) is 5.71 Å². The van der Waals surface area contributed by atoms with E-state index in [1.165, 1.54) is 7.05 Å². The van der Waals surface area contributed by atoms with Crippen LogP contribution in [0, 0.1) is 0 Å². The summed E-state index contributed by atoms with van der Waals surface area (Å²) in [6, 6.07) is 16.2. The van der Waals surface area contributed by atoms with Gasteiger partial charge in [-0.2, -0.15) is 0 Å². The molecular weight excluding hydrogens is 394 g/mol. The first-order valence-corrected chi connectivity index (χ1v) is 9.11. The Hall–Kier alpha value is -3.45. The van der Waals surface area contributed by atoms with Gasteiger partial charge in [-0.15, -0.1) is 0 Å². The predicted octanol–water partition coefficient (Wildman–Crippen LogP) is 3.86. The van der Waals surface area contributed by atoms with Crippen molar-refractivity contribution in [3.8, 4) is 11.5 Å². The molecule has 1 heterocycles.